The molecule has 3 N–H and O–H groups in total. The molecule has 38 heavy (non-hydrogen) atoms. The van der Waals surface area contributed by atoms with E-state index in [1.165, 1.54) is 43.1 Å². The van der Waals surface area contributed by atoms with Crippen LogP contribution in [0.4, 0.5) is 10.5 Å². The SMILES string of the molecule is CNS(C)(=O)(O)Nc1cccc(Cc2c(CC(=O)N(C)C)c3cc(Cl)c(OC(=O)N(C)C)cc3oc2=O)c1. The van der Waals surface area contributed by atoms with Gasteiger partial charge in [-0.25, -0.2) is 14.3 Å². The monoisotopic (exact) mass is 566 g/mol. The third-order valence-electron chi connectivity index (χ3n) is 5.71. The molecule has 1 aromatic heterocycles. The first-order chi connectivity index (χ1) is 17.6. The molecule has 0 atom stereocenters. The first-order valence-corrected chi connectivity index (χ1v) is 14.1. The van der Waals surface area contributed by atoms with Crippen molar-refractivity contribution in [1.29, 1.82) is 0 Å². The number of hydrogen-bond donors (Lipinski definition) is 3. The first kappa shape index (κ1) is 29.1. The van der Waals surface area contributed by atoms with Gasteiger partial charge in [0.25, 0.3) is 0 Å². The molecule has 0 fully saturated rings. The van der Waals surface area contributed by atoms with Crippen molar-refractivity contribution in [3.05, 3.63) is 68.5 Å². The summed E-state index contributed by atoms with van der Waals surface area (Å²) in [5, 5.41) is 0.511. The van der Waals surface area contributed by atoms with E-state index in [9.17, 15) is 23.1 Å². The predicted octanol–water partition coefficient (Wildman–Crippen LogP) is 3.11. The smallest absolute Gasteiger partial charge is 0.414 e. The molecule has 0 unspecified atom stereocenters. The highest BCUT2D eigenvalue weighted by Gasteiger charge is 2.22. The molecule has 206 valence electrons. The number of likely N-dealkylation sites (N-methyl/N-ethyl adjacent to an activating group) is 1. The summed E-state index contributed by atoms with van der Waals surface area (Å²) in [6.45, 7) is 0. The van der Waals surface area contributed by atoms with Gasteiger partial charge in [-0.1, -0.05) is 33.5 Å². The molecular formula is C25H31ClN4O7S. The molecular weight excluding hydrogens is 536 g/mol. The number of hydrogen-bond acceptors (Lipinski definition) is 6. The Bertz CT molecular complexity index is 1530. The molecule has 0 aliphatic carbocycles. The van der Waals surface area contributed by atoms with Crippen molar-refractivity contribution in [2.45, 2.75) is 12.8 Å². The summed E-state index contributed by atoms with van der Waals surface area (Å²) in [6.07, 6.45) is 0.429. The Kier molecular flexibility index (Phi) is 8.22. The van der Waals surface area contributed by atoms with Crippen molar-refractivity contribution in [3.8, 4) is 5.75 Å². The highest BCUT2D eigenvalue weighted by atomic mass is 35.5. The summed E-state index contributed by atoms with van der Waals surface area (Å²) >= 11 is 6.41. The lowest BCUT2D eigenvalue weighted by atomic mass is 9.95. The third kappa shape index (κ3) is 6.90. The zero-order valence-corrected chi connectivity index (χ0v) is 23.5. The van der Waals surface area contributed by atoms with E-state index in [0.717, 1.165) is 6.26 Å². The summed E-state index contributed by atoms with van der Waals surface area (Å²) in [6, 6.07) is 9.49. The quantitative estimate of drug-likeness (QED) is 0.356. The van der Waals surface area contributed by atoms with Gasteiger partial charge in [0.15, 0.2) is 5.75 Å². The fraction of sp³-hybridized carbons (Fsp3) is 0.320. The molecule has 2 aromatic carbocycles. The van der Waals surface area contributed by atoms with Crippen molar-refractivity contribution in [2.24, 2.45) is 0 Å². The van der Waals surface area contributed by atoms with Crippen LogP contribution in [0.1, 0.15) is 16.7 Å². The number of ether oxygens (including phenoxy) is 1. The number of carbonyl (C=O) groups is 2. The first-order valence-electron chi connectivity index (χ1n) is 11.4. The molecule has 0 saturated heterocycles. The Morgan fingerprint density at radius 2 is 1.79 bits per heavy atom. The van der Waals surface area contributed by atoms with E-state index < -0.39 is 21.4 Å². The minimum atomic E-state index is -4.30. The fourth-order valence-electron chi connectivity index (χ4n) is 3.53. The number of halogens is 1. The number of carbonyl (C=O) groups excluding carboxylic acids is 2. The summed E-state index contributed by atoms with van der Waals surface area (Å²) in [5.74, 6) is -0.250. The van der Waals surface area contributed by atoms with Gasteiger partial charge in [0.1, 0.15) is 5.58 Å². The molecule has 3 aromatic rings. The number of anilines is 1. The second-order valence-electron chi connectivity index (χ2n) is 9.32. The minimum absolute atomic E-state index is 0.00352. The Balaban J connectivity index is 2.14. The van der Waals surface area contributed by atoms with Gasteiger partial charge in [-0.3, -0.25) is 14.1 Å². The van der Waals surface area contributed by atoms with Crippen LogP contribution in [0, 0.1) is 0 Å². The molecule has 3 rings (SSSR count). The van der Waals surface area contributed by atoms with Crippen LogP contribution in [0.5, 0.6) is 5.75 Å². The number of fused-ring (bicyclic) bond motifs is 1. The summed E-state index contributed by atoms with van der Waals surface area (Å²) in [4.78, 5) is 40.6. The van der Waals surface area contributed by atoms with E-state index in [0.29, 0.717) is 22.2 Å². The molecule has 1 heterocycles. The average molecular weight is 567 g/mol. The normalized spacial score (nSPS) is 12.5. The van der Waals surface area contributed by atoms with Crippen LogP contribution in [-0.4, -0.2) is 72.1 Å². The molecule has 0 bridgehead atoms. The Hall–Kier alpha value is -3.45. The standard InChI is InChI=1S/C25H31ClN4O7S/c1-27-38(6,34,35)28-16-9-7-8-15(10-16)11-19-17(13-23(31)29(2)3)18-12-20(26)22(37-25(33)30(4)5)14-21(18)36-24(19)32/h7-10,12,14H,11,13H2,1-6H3,(H3,27,28,34,35). The highest BCUT2D eigenvalue weighted by Crippen LogP contribution is 2.33. The number of benzene rings is 2. The summed E-state index contributed by atoms with van der Waals surface area (Å²) in [7, 11) is 3.29. The Morgan fingerprint density at radius 3 is 2.39 bits per heavy atom. The third-order valence-corrected chi connectivity index (χ3v) is 7.68. The van der Waals surface area contributed by atoms with Crippen LogP contribution >= 0.6 is 11.6 Å². The van der Waals surface area contributed by atoms with Gasteiger partial charge in [-0.05, 0) is 29.3 Å². The predicted molar refractivity (Wildman–Crippen MR) is 148 cm³/mol. The fourth-order valence-corrected chi connectivity index (χ4v) is 4.52. The van der Waals surface area contributed by atoms with Crippen LogP contribution in [-0.2, 0) is 27.4 Å². The van der Waals surface area contributed by atoms with Crippen molar-refractivity contribution in [2.75, 3.05) is 46.2 Å². The highest BCUT2D eigenvalue weighted by molar-refractivity contribution is 8.13. The number of nitrogens with one attached hydrogen (secondary N) is 2. The van der Waals surface area contributed by atoms with Gasteiger partial charge in [-0.15, -0.1) is 0 Å². The molecule has 0 aliphatic rings. The van der Waals surface area contributed by atoms with Gasteiger partial charge in [0, 0.05) is 58.7 Å². The van der Waals surface area contributed by atoms with Gasteiger partial charge >= 0.3 is 11.7 Å². The second-order valence-corrected chi connectivity index (χ2v) is 12.9. The van der Waals surface area contributed by atoms with E-state index in [4.69, 9.17) is 20.8 Å². The van der Waals surface area contributed by atoms with Crippen molar-refractivity contribution < 1.29 is 27.5 Å². The zero-order valence-electron chi connectivity index (χ0n) is 22.0. The molecule has 11 nitrogen and oxygen atoms in total. The van der Waals surface area contributed by atoms with Gasteiger partial charge < -0.3 is 19.0 Å². The van der Waals surface area contributed by atoms with E-state index >= 15 is 0 Å². The maximum atomic E-state index is 13.2. The lowest BCUT2D eigenvalue weighted by Gasteiger charge is -2.39. The molecule has 0 saturated carbocycles. The van der Waals surface area contributed by atoms with Crippen LogP contribution < -0.4 is 19.8 Å². The maximum absolute atomic E-state index is 13.2. The van der Waals surface area contributed by atoms with E-state index in [2.05, 4.69) is 9.44 Å². The second kappa shape index (κ2) is 10.7. The molecule has 2 amide bonds. The largest absolute Gasteiger partial charge is 0.422 e. The summed E-state index contributed by atoms with van der Waals surface area (Å²) < 4.78 is 38.7. The van der Waals surface area contributed by atoms with Crippen LogP contribution in [0.2, 0.25) is 5.02 Å². The lowest BCUT2D eigenvalue weighted by molar-refractivity contribution is -0.127. The van der Waals surface area contributed by atoms with Crippen LogP contribution in [0.3, 0.4) is 0 Å². The topological polar surface area (TPSA) is 141 Å². The molecule has 0 aliphatic heterocycles. The van der Waals surface area contributed by atoms with Crippen molar-refractivity contribution >= 4 is 50.0 Å². The Labute approximate surface area is 225 Å². The Morgan fingerprint density at radius 1 is 1.11 bits per heavy atom. The summed E-state index contributed by atoms with van der Waals surface area (Å²) in [5.41, 5.74) is 1.04. The van der Waals surface area contributed by atoms with E-state index in [1.807, 2.05) is 0 Å². The average Bonchev–Trinajstić information content (AvgIpc) is 2.81. The van der Waals surface area contributed by atoms with Crippen molar-refractivity contribution in [1.82, 2.24) is 14.5 Å². The van der Waals surface area contributed by atoms with Crippen LogP contribution in [0.25, 0.3) is 11.0 Å². The maximum Gasteiger partial charge on any atom is 0.414 e. The lowest BCUT2D eigenvalue weighted by Crippen LogP contribution is -2.50. The van der Waals surface area contributed by atoms with E-state index in [1.54, 1.807) is 38.4 Å². The van der Waals surface area contributed by atoms with Gasteiger partial charge in [0.2, 0.25) is 5.91 Å². The number of amides is 2. The number of nitrogens with zero attached hydrogens (tertiary/aromatic N) is 2. The molecule has 0 radical (unpaired) electrons. The molecule has 0 spiro atoms. The minimum Gasteiger partial charge on any atom is -0.422 e. The van der Waals surface area contributed by atoms with Gasteiger partial charge in [0.05, 0.1) is 23.4 Å². The zero-order chi connectivity index (χ0) is 28.4. The van der Waals surface area contributed by atoms with Crippen molar-refractivity contribution in [3.63, 3.8) is 0 Å². The van der Waals surface area contributed by atoms with E-state index in [-0.39, 0.29) is 40.7 Å². The van der Waals surface area contributed by atoms with Gasteiger partial charge in [-0.2, -0.15) is 4.21 Å². The number of rotatable bonds is 8. The van der Waals surface area contributed by atoms with Crippen LogP contribution in [0.15, 0.2) is 45.6 Å². The molecule has 13 heteroatoms.